The minimum atomic E-state index is -0.294. The quantitative estimate of drug-likeness (QED) is 0.342. The van der Waals surface area contributed by atoms with E-state index in [0.717, 1.165) is 24.4 Å². The number of benzene rings is 2. The summed E-state index contributed by atoms with van der Waals surface area (Å²) in [6.45, 7) is 6.27. The van der Waals surface area contributed by atoms with Crippen LogP contribution >= 0.6 is 23.2 Å². The molecule has 3 heterocycles. The van der Waals surface area contributed by atoms with Gasteiger partial charge in [-0.05, 0) is 55.0 Å². The summed E-state index contributed by atoms with van der Waals surface area (Å²) in [6, 6.07) is 14.1. The van der Waals surface area contributed by atoms with Crippen LogP contribution in [-0.4, -0.2) is 79.2 Å². The van der Waals surface area contributed by atoms with Gasteiger partial charge >= 0.3 is 0 Å². The number of aryl methyl sites for hydroxylation is 1. The fourth-order valence-electron chi connectivity index (χ4n) is 4.66. The predicted octanol–water partition coefficient (Wildman–Crippen LogP) is 4.63. The average Bonchev–Trinajstić information content (AvgIpc) is 3.60. The lowest BCUT2D eigenvalue weighted by Gasteiger charge is -2.31. The molecule has 2 amide bonds. The molecular weight excluding hydrogens is 557 g/mol. The molecule has 1 fully saturated rings. The molecular formula is C29H31Cl2N3O6. The van der Waals surface area contributed by atoms with Crippen LogP contribution in [0.2, 0.25) is 10.0 Å². The number of ether oxygens (including phenoxy) is 3. The van der Waals surface area contributed by atoms with E-state index in [-0.39, 0.29) is 36.7 Å². The number of fused-ring (bicyclic) bond motifs is 1. The zero-order valence-corrected chi connectivity index (χ0v) is 23.7. The molecule has 0 aliphatic carbocycles. The average molecular weight is 588 g/mol. The van der Waals surface area contributed by atoms with Gasteiger partial charge in [-0.15, -0.1) is 0 Å². The standard InChI is InChI=1S/C29H31Cl2N3O6/c1-20-2-5-23(40-20)17-34(16-21-3-7-26-27(14-21)39-19-38-26)28(35)18-33(9-8-32-10-12-37-13-11-32)29(36)22-4-6-24(30)25(31)15-22/h2-7,14-15H,8-13,16-19H2,1H3. The summed E-state index contributed by atoms with van der Waals surface area (Å²) >= 11 is 12.3. The van der Waals surface area contributed by atoms with Crippen LogP contribution in [0, 0.1) is 6.92 Å². The number of halogens is 2. The lowest BCUT2D eigenvalue weighted by molar-refractivity contribution is -0.133. The molecule has 0 N–H and O–H groups in total. The van der Waals surface area contributed by atoms with Crippen molar-refractivity contribution < 1.29 is 28.2 Å². The fourth-order valence-corrected chi connectivity index (χ4v) is 4.96. The van der Waals surface area contributed by atoms with E-state index >= 15 is 0 Å². The number of carbonyl (C=O) groups excluding carboxylic acids is 2. The van der Waals surface area contributed by atoms with E-state index in [9.17, 15) is 9.59 Å². The second-order valence-electron chi connectivity index (χ2n) is 9.76. The second kappa shape index (κ2) is 13.0. The molecule has 2 aliphatic rings. The molecule has 40 heavy (non-hydrogen) atoms. The first-order valence-corrected chi connectivity index (χ1v) is 13.9. The molecule has 5 rings (SSSR count). The summed E-state index contributed by atoms with van der Waals surface area (Å²) in [5.41, 5.74) is 1.24. The zero-order chi connectivity index (χ0) is 28.1. The van der Waals surface area contributed by atoms with Crippen molar-refractivity contribution in [1.29, 1.82) is 0 Å². The molecule has 0 spiro atoms. The van der Waals surface area contributed by atoms with Gasteiger partial charge in [0.2, 0.25) is 12.7 Å². The van der Waals surface area contributed by atoms with E-state index < -0.39 is 0 Å². The Hall–Kier alpha value is -3.24. The van der Waals surface area contributed by atoms with Gasteiger partial charge in [0.1, 0.15) is 18.1 Å². The number of morpholine rings is 1. The maximum Gasteiger partial charge on any atom is 0.254 e. The Labute approximate surface area is 243 Å². The van der Waals surface area contributed by atoms with Gasteiger partial charge in [-0.2, -0.15) is 0 Å². The zero-order valence-electron chi connectivity index (χ0n) is 22.2. The lowest BCUT2D eigenvalue weighted by atomic mass is 10.1. The van der Waals surface area contributed by atoms with Crippen molar-refractivity contribution in [2.45, 2.75) is 20.0 Å². The van der Waals surface area contributed by atoms with E-state index in [1.807, 2.05) is 37.3 Å². The smallest absolute Gasteiger partial charge is 0.254 e. The van der Waals surface area contributed by atoms with Crippen LogP contribution in [0.4, 0.5) is 0 Å². The van der Waals surface area contributed by atoms with E-state index in [2.05, 4.69) is 4.90 Å². The number of furan rings is 1. The summed E-state index contributed by atoms with van der Waals surface area (Å²) in [7, 11) is 0. The Bertz CT molecular complexity index is 1360. The monoisotopic (exact) mass is 587 g/mol. The minimum Gasteiger partial charge on any atom is -0.464 e. The van der Waals surface area contributed by atoms with Crippen LogP contribution in [0.1, 0.15) is 27.4 Å². The first-order chi connectivity index (χ1) is 19.4. The van der Waals surface area contributed by atoms with Crippen molar-refractivity contribution in [3.63, 3.8) is 0 Å². The summed E-state index contributed by atoms with van der Waals surface area (Å²) in [4.78, 5) is 33.0. The largest absolute Gasteiger partial charge is 0.464 e. The molecule has 1 saturated heterocycles. The molecule has 0 atom stereocenters. The van der Waals surface area contributed by atoms with Gasteiger partial charge in [0.25, 0.3) is 5.91 Å². The minimum absolute atomic E-state index is 0.117. The number of carbonyl (C=O) groups is 2. The van der Waals surface area contributed by atoms with Gasteiger partial charge in [0.15, 0.2) is 11.5 Å². The molecule has 9 nitrogen and oxygen atoms in total. The summed E-state index contributed by atoms with van der Waals surface area (Å²) in [5.74, 6) is 2.21. The van der Waals surface area contributed by atoms with Gasteiger partial charge in [-0.3, -0.25) is 14.5 Å². The third-order valence-corrected chi connectivity index (χ3v) is 7.61. The molecule has 2 aromatic carbocycles. The fraction of sp³-hybridized carbons (Fsp3) is 0.379. The first-order valence-electron chi connectivity index (χ1n) is 13.1. The lowest BCUT2D eigenvalue weighted by Crippen LogP contribution is -2.47. The first kappa shape index (κ1) is 28.3. The topological polar surface area (TPSA) is 84.7 Å². The SMILES string of the molecule is Cc1ccc(CN(Cc2ccc3c(c2)OCO3)C(=O)CN(CCN2CCOCC2)C(=O)c2ccc(Cl)c(Cl)c2)o1. The van der Waals surface area contributed by atoms with Gasteiger partial charge < -0.3 is 28.4 Å². The third kappa shape index (κ3) is 7.09. The van der Waals surface area contributed by atoms with Crippen LogP contribution in [0.25, 0.3) is 0 Å². The molecule has 0 unspecified atom stereocenters. The van der Waals surface area contributed by atoms with Crippen molar-refractivity contribution in [3.05, 3.63) is 81.2 Å². The Balaban J connectivity index is 1.36. The van der Waals surface area contributed by atoms with Crippen molar-refractivity contribution >= 4 is 35.0 Å². The third-order valence-electron chi connectivity index (χ3n) is 6.88. The molecule has 2 aliphatic heterocycles. The summed E-state index contributed by atoms with van der Waals surface area (Å²) in [6.07, 6.45) is 0. The Kier molecular flexibility index (Phi) is 9.16. The highest BCUT2D eigenvalue weighted by Crippen LogP contribution is 2.33. The number of hydrogen-bond donors (Lipinski definition) is 0. The Morgan fingerprint density at radius 2 is 1.70 bits per heavy atom. The highest BCUT2D eigenvalue weighted by molar-refractivity contribution is 6.42. The van der Waals surface area contributed by atoms with Crippen LogP contribution < -0.4 is 9.47 Å². The summed E-state index contributed by atoms with van der Waals surface area (Å²) < 4.78 is 22.2. The van der Waals surface area contributed by atoms with Crippen LogP contribution in [0.15, 0.2) is 52.9 Å². The van der Waals surface area contributed by atoms with E-state index in [1.165, 1.54) is 6.07 Å². The van der Waals surface area contributed by atoms with Gasteiger partial charge in [0.05, 0.1) is 29.8 Å². The highest BCUT2D eigenvalue weighted by Gasteiger charge is 2.25. The van der Waals surface area contributed by atoms with Gasteiger partial charge in [-0.25, -0.2) is 0 Å². The maximum absolute atomic E-state index is 13.9. The van der Waals surface area contributed by atoms with E-state index in [1.54, 1.807) is 21.9 Å². The van der Waals surface area contributed by atoms with Crippen LogP contribution in [0.5, 0.6) is 11.5 Å². The maximum atomic E-state index is 13.9. The number of nitrogens with zero attached hydrogens (tertiary/aromatic N) is 3. The molecule has 0 bridgehead atoms. The van der Waals surface area contributed by atoms with E-state index in [0.29, 0.717) is 60.7 Å². The molecule has 0 saturated carbocycles. The Morgan fingerprint density at radius 1 is 0.900 bits per heavy atom. The molecule has 1 aromatic heterocycles. The molecule has 0 radical (unpaired) electrons. The van der Waals surface area contributed by atoms with Crippen LogP contribution in [0.3, 0.4) is 0 Å². The van der Waals surface area contributed by atoms with Crippen molar-refractivity contribution in [3.8, 4) is 11.5 Å². The molecule has 212 valence electrons. The predicted molar refractivity (Wildman–Crippen MR) is 150 cm³/mol. The highest BCUT2D eigenvalue weighted by atomic mass is 35.5. The molecule has 3 aromatic rings. The number of amides is 2. The Morgan fingerprint density at radius 3 is 2.45 bits per heavy atom. The van der Waals surface area contributed by atoms with Gasteiger partial charge in [0, 0.05) is 38.3 Å². The van der Waals surface area contributed by atoms with Crippen molar-refractivity contribution in [1.82, 2.24) is 14.7 Å². The second-order valence-corrected chi connectivity index (χ2v) is 10.6. The van der Waals surface area contributed by atoms with Crippen LogP contribution in [-0.2, 0) is 22.6 Å². The number of hydrogen-bond acceptors (Lipinski definition) is 7. The van der Waals surface area contributed by atoms with Gasteiger partial charge in [-0.1, -0.05) is 29.3 Å². The summed E-state index contributed by atoms with van der Waals surface area (Å²) in [5, 5.41) is 0.641. The molecule has 11 heteroatoms. The van der Waals surface area contributed by atoms with E-state index in [4.69, 9.17) is 41.8 Å². The number of rotatable bonds is 10. The normalized spacial score (nSPS) is 14.8. The van der Waals surface area contributed by atoms with Crippen molar-refractivity contribution in [2.75, 3.05) is 52.7 Å². The van der Waals surface area contributed by atoms with Crippen molar-refractivity contribution in [2.24, 2.45) is 0 Å².